The molecule has 3 N–H and O–H groups in total. The van der Waals surface area contributed by atoms with Gasteiger partial charge in [-0.2, -0.15) is 0 Å². The van der Waals surface area contributed by atoms with Crippen LogP contribution in [0.25, 0.3) is 0 Å². The number of carbonyl (C=O) groups is 2. The van der Waals surface area contributed by atoms with Gasteiger partial charge < -0.3 is 25.6 Å². The van der Waals surface area contributed by atoms with Crippen molar-refractivity contribution in [1.82, 2.24) is 25.1 Å². The number of piperidine rings is 1. The van der Waals surface area contributed by atoms with Crippen LogP contribution in [0.3, 0.4) is 0 Å². The molecule has 0 aliphatic carbocycles. The number of methoxy groups -OCH3 is 1. The lowest BCUT2D eigenvalue weighted by Crippen LogP contribution is -2.60. The summed E-state index contributed by atoms with van der Waals surface area (Å²) in [5.74, 6) is 0.995. The number of hydrazine groups is 1. The number of halogens is 1. The molecule has 10 heteroatoms. The van der Waals surface area contributed by atoms with Crippen LogP contribution in [0.5, 0.6) is 5.75 Å². The molecule has 2 aromatic rings. The molecule has 9 nitrogen and oxygen atoms in total. The normalized spacial score (nSPS) is 18.6. The van der Waals surface area contributed by atoms with Crippen LogP contribution >= 0.6 is 11.6 Å². The Labute approximate surface area is 262 Å². The van der Waals surface area contributed by atoms with Gasteiger partial charge in [0.2, 0.25) is 11.8 Å². The van der Waals surface area contributed by atoms with Crippen LogP contribution in [-0.2, 0) is 16.0 Å². The maximum Gasteiger partial charge on any atom is 0.245 e. The van der Waals surface area contributed by atoms with Gasteiger partial charge in [-0.3, -0.25) is 9.59 Å². The average molecular weight is 613 g/mol. The third-order valence-electron chi connectivity index (χ3n) is 8.53. The molecule has 43 heavy (non-hydrogen) atoms. The molecule has 0 spiro atoms. The van der Waals surface area contributed by atoms with Gasteiger partial charge in [0.25, 0.3) is 0 Å². The van der Waals surface area contributed by atoms with E-state index in [9.17, 15) is 9.59 Å². The number of hydrogen-bond acceptors (Lipinski definition) is 7. The molecule has 0 aromatic heterocycles. The highest BCUT2D eigenvalue weighted by Crippen LogP contribution is 2.23. The number of benzene rings is 2. The minimum absolute atomic E-state index is 0.0465. The Morgan fingerprint density at radius 1 is 1.00 bits per heavy atom. The Bertz CT molecular complexity index is 1160. The highest BCUT2D eigenvalue weighted by atomic mass is 35.5. The summed E-state index contributed by atoms with van der Waals surface area (Å²) in [5, 5.41) is 8.76. The predicted molar refractivity (Wildman–Crippen MR) is 172 cm³/mol. The first-order valence-corrected chi connectivity index (χ1v) is 15.9. The highest BCUT2D eigenvalue weighted by Gasteiger charge is 2.34. The van der Waals surface area contributed by atoms with E-state index in [0.29, 0.717) is 36.5 Å². The third kappa shape index (κ3) is 9.65. The summed E-state index contributed by atoms with van der Waals surface area (Å²) in [6.07, 6.45) is 2.29. The number of nitrogens with zero attached hydrogens (tertiary/aromatic N) is 4. The van der Waals surface area contributed by atoms with Crippen molar-refractivity contribution in [3.63, 3.8) is 0 Å². The fraction of sp³-hybridized carbons (Fsp3) is 0.576. The van der Waals surface area contributed by atoms with Crippen molar-refractivity contribution in [2.75, 3.05) is 60.0 Å². The molecule has 2 aliphatic rings. The Kier molecular flexibility index (Phi) is 12.2. The molecule has 4 rings (SSSR count). The molecule has 2 saturated heterocycles. The number of nitrogens with two attached hydrogens (primary N) is 1. The summed E-state index contributed by atoms with van der Waals surface area (Å²) in [5.41, 5.74) is 8.15. The Balaban J connectivity index is 1.40. The quantitative estimate of drug-likeness (QED) is 0.378. The number of piperazine rings is 1. The van der Waals surface area contributed by atoms with E-state index < -0.39 is 12.1 Å². The fourth-order valence-electron chi connectivity index (χ4n) is 6.01. The van der Waals surface area contributed by atoms with Crippen LogP contribution in [0.4, 0.5) is 0 Å². The Morgan fingerprint density at radius 3 is 2.21 bits per heavy atom. The lowest BCUT2D eigenvalue weighted by Gasteiger charge is -2.47. The first-order chi connectivity index (χ1) is 20.6. The summed E-state index contributed by atoms with van der Waals surface area (Å²) in [6, 6.07) is 14.1. The molecule has 2 heterocycles. The number of likely N-dealkylation sites (tertiary alicyclic amines) is 1. The first kappa shape index (κ1) is 33.2. The van der Waals surface area contributed by atoms with Crippen molar-refractivity contribution < 1.29 is 14.3 Å². The molecule has 2 amide bonds. The van der Waals surface area contributed by atoms with Crippen LogP contribution in [-0.4, -0.2) is 104 Å². The summed E-state index contributed by atoms with van der Waals surface area (Å²) in [6.45, 7) is 11.1. The van der Waals surface area contributed by atoms with Gasteiger partial charge in [-0.15, -0.1) is 0 Å². The van der Waals surface area contributed by atoms with Gasteiger partial charge in [-0.1, -0.05) is 49.7 Å². The zero-order valence-corrected chi connectivity index (χ0v) is 26.9. The first-order valence-electron chi connectivity index (χ1n) is 15.5. The van der Waals surface area contributed by atoms with Crippen LogP contribution in [0.2, 0.25) is 5.02 Å². The van der Waals surface area contributed by atoms with Gasteiger partial charge >= 0.3 is 0 Å². The molecule has 0 radical (unpaired) electrons. The zero-order chi connectivity index (χ0) is 30.9. The molecule has 0 saturated carbocycles. The minimum atomic E-state index is -0.683. The second-order valence-corrected chi connectivity index (χ2v) is 12.8. The molecular formula is C33H49ClN6O3. The molecule has 1 unspecified atom stereocenters. The number of nitrogens with one attached hydrogen (secondary N) is 1. The standard InChI is InChI=1S/C33H49ClN6O3/c1-24(2)23-40(39-19-17-37(3)18-20-39)28-13-15-38(16-14-28)33(42)31(21-25-5-9-27(34)10-6-25)36-32(41)22-30(35)26-7-11-29(43-4)12-8-26/h5-12,24,28,30-31H,13-23,35H2,1-4H3,(H,36,41)/t30?,31-/m1/s1. The van der Waals surface area contributed by atoms with Crippen molar-refractivity contribution in [3.8, 4) is 5.75 Å². The Morgan fingerprint density at radius 2 is 1.63 bits per heavy atom. The van der Waals surface area contributed by atoms with Crippen molar-refractivity contribution in [1.29, 1.82) is 0 Å². The monoisotopic (exact) mass is 612 g/mol. The maximum absolute atomic E-state index is 13.9. The molecule has 0 bridgehead atoms. The van der Waals surface area contributed by atoms with Crippen LogP contribution in [0.15, 0.2) is 48.5 Å². The van der Waals surface area contributed by atoms with E-state index in [-0.39, 0.29) is 18.2 Å². The van der Waals surface area contributed by atoms with Gasteiger partial charge in [0.1, 0.15) is 11.8 Å². The predicted octanol–water partition coefficient (Wildman–Crippen LogP) is 3.58. The smallest absolute Gasteiger partial charge is 0.245 e. The second kappa shape index (κ2) is 15.9. The molecule has 2 aromatic carbocycles. The van der Waals surface area contributed by atoms with E-state index in [0.717, 1.165) is 62.4 Å². The molecule has 236 valence electrons. The van der Waals surface area contributed by atoms with E-state index in [1.165, 1.54) is 0 Å². The number of rotatable bonds is 12. The lowest BCUT2D eigenvalue weighted by atomic mass is 9.99. The average Bonchev–Trinajstić information content (AvgIpc) is 3.00. The maximum atomic E-state index is 13.9. The van der Waals surface area contributed by atoms with Crippen molar-refractivity contribution in [2.24, 2.45) is 11.7 Å². The topological polar surface area (TPSA) is 94.4 Å². The lowest BCUT2D eigenvalue weighted by molar-refractivity contribution is -0.140. The van der Waals surface area contributed by atoms with Gasteiger partial charge in [-0.25, -0.2) is 10.0 Å². The van der Waals surface area contributed by atoms with Gasteiger partial charge in [0, 0.05) is 75.8 Å². The fourth-order valence-corrected chi connectivity index (χ4v) is 6.13. The summed E-state index contributed by atoms with van der Waals surface area (Å²) < 4.78 is 5.22. The van der Waals surface area contributed by atoms with E-state index in [2.05, 4.69) is 41.1 Å². The summed E-state index contributed by atoms with van der Waals surface area (Å²) >= 11 is 6.11. The number of ether oxygens (including phenoxy) is 1. The van der Waals surface area contributed by atoms with Crippen LogP contribution in [0, 0.1) is 5.92 Å². The molecule has 2 atom stereocenters. The number of hydrogen-bond donors (Lipinski definition) is 2. The van der Waals surface area contributed by atoms with E-state index in [1.807, 2.05) is 53.4 Å². The van der Waals surface area contributed by atoms with Crippen molar-refractivity contribution >= 4 is 23.4 Å². The molecule has 2 aliphatic heterocycles. The zero-order valence-electron chi connectivity index (χ0n) is 26.2. The number of carbonyl (C=O) groups excluding carboxylic acids is 2. The SMILES string of the molecule is COc1ccc(C(N)CC(=O)N[C@H](Cc2ccc(Cl)cc2)C(=O)N2CCC(N(CC(C)C)N3CCN(C)CC3)CC2)cc1. The van der Waals surface area contributed by atoms with E-state index in [1.54, 1.807) is 7.11 Å². The second-order valence-electron chi connectivity index (χ2n) is 12.4. The van der Waals surface area contributed by atoms with Gasteiger partial charge in [0.15, 0.2) is 0 Å². The molecular weight excluding hydrogens is 564 g/mol. The molecule has 2 fully saturated rings. The largest absolute Gasteiger partial charge is 0.497 e. The van der Waals surface area contributed by atoms with Crippen LogP contribution < -0.4 is 15.8 Å². The van der Waals surface area contributed by atoms with Crippen LogP contribution in [0.1, 0.15) is 50.3 Å². The van der Waals surface area contributed by atoms with Crippen molar-refractivity contribution in [3.05, 3.63) is 64.7 Å². The van der Waals surface area contributed by atoms with Gasteiger partial charge in [-0.05, 0) is 61.2 Å². The van der Waals surface area contributed by atoms with Gasteiger partial charge in [0.05, 0.1) is 7.11 Å². The Hall–Kier alpha value is -2.69. The minimum Gasteiger partial charge on any atom is -0.497 e. The number of likely N-dealkylation sites (N-methyl/N-ethyl adjacent to an activating group) is 1. The van der Waals surface area contributed by atoms with E-state index in [4.69, 9.17) is 22.1 Å². The number of amides is 2. The summed E-state index contributed by atoms with van der Waals surface area (Å²) in [7, 11) is 3.79. The van der Waals surface area contributed by atoms with Crippen molar-refractivity contribution in [2.45, 2.75) is 57.7 Å². The summed E-state index contributed by atoms with van der Waals surface area (Å²) in [4.78, 5) is 31.5. The third-order valence-corrected chi connectivity index (χ3v) is 8.78. The van der Waals surface area contributed by atoms with E-state index >= 15 is 0 Å². The highest BCUT2D eigenvalue weighted by molar-refractivity contribution is 6.30.